The smallest absolute Gasteiger partial charge is 0.325 e. The Morgan fingerprint density at radius 2 is 2.09 bits per heavy atom. The Hall–Kier alpha value is -3.55. The molecule has 1 aliphatic carbocycles. The van der Waals surface area contributed by atoms with Crippen LogP contribution in [-0.4, -0.2) is 42.0 Å². The van der Waals surface area contributed by atoms with Gasteiger partial charge in [0.2, 0.25) is 5.91 Å². The normalized spacial score (nSPS) is 22.8. The van der Waals surface area contributed by atoms with Crippen LogP contribution in [0.5, 0.6) is 11.5 Å². The van der Waals surface area contributed by atoms with Crippen molar-refractivity contribution < 1.29 is 23.9 Å². The molecule has 0 radical (unpaired) electrons. The van der Waals surface area contributed by atoms with Crippen LogP contribution in [0.1, 0.15) is 48.9 Å². The Labute approximate surface area is 198 Å². The van der Waals surface area contributed by atoms with Crippen LogP contribution in [0.15, 0.2) is 36.4 Å². The molecule has 0 aromatic heterocycles. The predicted molar refractivity (Wildman–Crippen MR) is 125 cm³/mol. The van der Waals surface area contributed by atoms with Gasteiger partial charge in [0.1, 0.15) is 29.7 Å². The summed E-state index contributed by atoms with van der Waals surface area (Å²) >= 11 is 0. The maximum Gasteiger partial charge on any atom is 0.325 e. The molecule has 34 heavy (non-hydrogen) atoms. The van der Waals surface area contributed by atoms with Gasteiger partial charge in [0, 0.05) is 24.1 Å². The third kappa shape index (κ3) is 3.77. The molecule has 0 bridgehead atoms. The van der Waals surface area contributed by atoms with Crippen LogP contribution in [0.3, 0.4) is 0 Å². The maximum atomic E-state index is 13.4. The van der Waals surface area contributed by atoms with Crippen molar-refractivity contribution in [3.05, 3.63) is 58.7 Å². The lowest BCUT2D eigenvalue weighted by Gasteiger charge is -2.33. The lowest BCUT2D eigenvalue weighted by molar-refractivity contribution is -0.135. The van der Waals surface area contributed by atoms with Gasteiger partial charge in [-0.1, -0.05) is 24.3 Å². The Kier molecular flexibility index (Phi) is 5.67. The highest BCUT2D eigenvalue weighted by Gasteiger charge is 2.54. The van der Waals surface area contributed by atoms with E-state index in [2.05, 4.69) is 10.6 Å². The highest BCUT2D eigenvalue weighted by molar-refractivity contribution is 6.09. The molecule has 8 heteroatoms. The third-order valence-electron chi connectivity index (χ3n) is 6.81. The van der Waals surface area contributed by atoms with E-state index in [0.29, 0.717) is 18.8 Å². The minimum atomic E-state index is -1.08. The summed E-state index contributed by atoms with van der Waals surface area (Å²) in [5, 5.41) is 5.71. The SMILES string of the molecule is CCOc1cc2c(cc1CNC(=O)CN1C(=O)NC3(CCCc4ccccc43)C1=O)OC(C)C2. The Morgan fingerprint density at radius 1 is 1.26 bits per heavy atom. The molecule has 5 rings (SSSR count). The average Bonchev–Trinajstić information content (AvgIpc) is 3.29. The first-order chi connectivity index (χ1) is 16.4. The molecule has 2 unspecified atom stereocenters. The fraction of sp³-hybridized carbons (Fsp3) is 0.423. The molecule has 1 saturated heterocycles. The molecule has 2 N–H and O–H groups in total. The summed E-state index contributed by atoms with van der Waals surface area (Å²) in [5.41, 5.74) is 2.69. The number of ether oxygens (including phenoxy) is 2. The molecule has 178 valence electrons. The van der Waals surface area contributed by atoms with E-state index in [1.165, 1.54) is 0 Å². The first-order valence-electron chi connectivity index (χ1n) is 11.9. The zero-order valence-electron chi connectivity index (χ0n) is 19.5. The van der Waals surface area contributed by atoms with Crippen LogP contribution >= 0.6 is 0 Å². The Morgan fingerprint density at radius 3 is 2.91 bits per heavy atom. The summed E-state index contributed by atoms with van der Waals surface area (Å²) in [6.07, 6.45) is 3.11. The molecular formula is C26H29N3O5. The number of carbonyl (C=O) groups is 3. The fourth-order valence-corrected chi connectivity index (χ4v) is 5.26. The van der Waals surface area contributed by atoms with E-state index >= 15 is 0 Å². The van der Waals surface area contributed by atoms with Crippen LogP contribution in [0.4, 0.5) is 4.79 Å². The van der Waals surface area contributed by atoms with Crippen molar-refractivity contribution in [2.45, 2.75) is 57.7 Å². The second kappa shape index (κ2) is 8.66. The third-order valence-corrected chi connectivity index (χ3v) is 6.81. The molecular weight excluding hydrogens is 434 g/mol. The van der Waals surface area contributed by atoms with Gasteiger partial charge in [0.25, 0.3) is 5.91 Å². The molecule has 3 aliphatic rings. The maximum absolute atomic E-state index is 13.4. The minimum Gasteiger partial charge on any atom is -0.494 e. The van der Waals surface area contributed by atoms with Crippen molar-refractivity contribution in [3.63, 3.8) is 0 Å². The fourth-order valence-electron chi connectivity index (χ4n) is 5.26. The summed E-state index contributed by atoms with van der Waals surface area (Å²) in [5.74, 6) is 0.718. The molecule has 0 saturated carbocycles. The summed E-state index contributed by atoms with van der Waals surface area (Å²) in [4.78, 5) is 39.9. The van der Waals surface area contributed by atoms with Crippen LogP contribution in [0.25, 0.3) is 0 Å². The van der Waals surface area contributed by atoms with E-state index in [4.69, 9.17) is 9.47 Å². The number of fused-ring (bicyclic) bond motifs is 3. The first-order valence-corrected chi connectivity index (χ1v) is 11.9. The Bertz CT molecular complexity index is 1160. The van der Waals surface area contributed by atoms with E-state index in [0.717, 1.165) is 52.2 Å². The van der Waals surface area contributed by atoms with Crippen molar-refractivity contribution in [1.29, 1.82) is 0 Å². The quantitative estimate of drug-likeness (QED) is 0.642. The molecule has 1 fully saturated rings. The predicted octanol–water partition coefficient (Wildman–Crippen LogP) is 2.81. The highest BCUT2D eigenvalue weighted by atomic mass is 16.5. The topological polar surface area (TPSA) is 97.0 Å². The number of imide groups is 1. The monoisotopic (exact) mass is 463 g/mol. The Balaban J connectivity index is 1.29. The van der Waals surface area contributed by atoms with Gasteiger partial charge in [0.15, 0.2) is 0 Å². The lowest BCUT2D eigenvalue weighted by atomic mass is 9.76. The van der Waals surface area contributed by atoms with Crippen molar-refractivity contribution in [2.24, 2.45) is 0 Å². The number of benzene rings is 2. The van der Waals surface area contributed by atoms with Crippen molar-refractivity contribution >= 4 is 17.8 Å². The number of hydrogen-bond donors (Lipinski definition) is 2. The molecule has 2 heterocycles. The van der Waals surface area contributed by atoms with E-state index in [9.17, 15) is 14.4 Å². The van der Waals surface area contributed by atoms with Crippen LogP contribution in [0.2, 0.25) is 0 Å². The minimum absolute atomic E-state index is 0.103. The standard InChI is InChI=1S/C26H29N3O5/c1-3-33-21-12-18-11-16(2)34-22(18)13-19(21)14-27-23(30)15-29-24(31)26(28-25(29)32)10-6-8-17-7-4-5-9-20(17)26/h4-5,7,9,12-13,16H,3,6,8,10-11,14-15H2,1-2H3,(H,27,30)(H,28,32). The number of aryl methyl sites for hydroxylation is 1. The number of urea groups is 1. The number of carbonyl (C=O) groups excluding carboxylic acids is 3. The van der Waals surface area contributed by atoms with Crippen LogP contribution < -0.4 is 20.1 Å². The number of nitrogens with zero attached hydrogens (tertiary/aromatic N) is 1. The summed E-state index contributed by atoms with van der Waals surface area (Å²) < 4.78 is 11.6. The zero-order chi connectivity index (χ0) is 23.9. The number of hydrogen-bond acceptors (Lipinski definition) is 5. The molecule has 2 atom stereocenters. The summed E-state index contributed by atoms with van der Waals surface area (Å²) in [7, 11) is 0. The van der Waals surface area contributed by atoms with Gasteiger partial charge < -0.3 is 20.1 Å². The van der Waals surface area contributed by atoms with Gasteiger partial charge in [-0.3, -0.25) is 14.5 Å². The van der Waals surface area contributed by atoms with Gasteiger partial charge in [-0.2, -0.15) is 0 Å². The second-order valence-corrected chi connectivity index (χ2v) is 9.15. The molecule has 8 nitrogen and oxygen atoms in total. The van der Waals surface area contributed by atoms with Gasteiger partial charge >= 0.3 is 6.03 Å². The van der Waals surface area contributed by atoms with E-state index in [-0.39, 0.29) is 25.1 Å². The van der Waals surface area contributed by atoms with Crippen molar-refractivity contribution in [1.82, 2.24) is 15.5 Å². The first kappa shape index (κ1) is 22.3. The largest absolute Gasteiger partial charge is 0.494 e. The van der Waals surface area contributed by atoms with Crippen molar-refractivity contribution in [2.75, 3.05) is 13.2 Å². The van der Waals surface area contributed by atoms with Crippen LogP contribution in [-0.2, 0) is 34.5 Å². The molecule has 4 amide bonds. The van der Waals surface area contributed by atoms with Crippen LogP contribution in [0, 0.1) is 0 Å². The number of rotatable bonds is 6. The molecule has 2 aromatic carbocycles. The van der Waals surface area contributed by atoms with Gasteiger partial charge in [-0.05, 0) is 56.4 Å². The molecule has 2 aromatic rings. The van der Waals surface area contributed by atoms with E-state index in [1.54, 1.807) is 0 Å². The molecule has 2 aliphatic heterocycles. The number of nitrogens with one attached hydrogen (secondary N) is 2. The zero-order valence-corrected chi connectivity index (χ0v) is 19.5. The summed E-state index contributed by atoms with van der Waals surface area (Å²) in [6.45, 7) is 4.29. The van der Waals surface area contributed by atoms with E-state index < -0.39 is 17.5 Å². The van der Waals surface area contributed by atoms with Gasteiger partial charge in [-0.25, -0.2) is 4.79 Å². The number of amides is 4. The lowest BCUT2D eigenvalue weighted by Crippen LogP contribution is -2.47. The van der Waals surface area contributed by atoms with Gasteiger partial charge in [-0.15, -0.1) is 0 Å². The van der Waals surface area contributed by atoms with E-state index in [1.807, 2.05) is 50.2 Å². The van der Waals surface area contributed by atoms with Crippen molar-refractivity contribution in [3.8, 4) is 11.5 Å². The molecule has 1 spiro atoms. The van der Waals surface area contributed by atoms with Gasteiger partial charge in [0.05, 0.1) is 6.61 Å². The highest BCUT2D eigenvalue weighted by Crippen LogP contribution is 2.40. The second-order valence-electron chi connectivity index (χ2n) is 9.15. The average molecular weight is 464 g/mol. The summed E-state index contributed by atoms with van der Waals surface area (Å²) in [6, 6.07) is 11.0.